The van der Waals surface area contributed by atoms with Gasteiger partial charge in [0.2, 0.25) is 0 Å². The van der Waals surface area contributed by atoms with Gasteiger partial charge < -0.3 is 9.32 Å². The molecule has 0 N–H and O–H groups in total. The number of anilines is 3. The van der Waals surface area contributed by atoms with E-state index in [0.29, 0.717) is 0 Å². The minimum atomic E-state index is -0.331. The first-order valence-corrected chi connectivity index (χ1v) is 23.0. The van der Waals surface area contributed by atoms with Crippen molar-refractivity contribution >= 4 is 39.0 Å². The van der Waals surface area contributed by atoms with Crippen molar-refractivity contribution in [3.05, 3.63) is 197 Å². The maximum absolute atomic E-state index is 6.56. The van der Waals surface area contributed by atoms with Gasteiger partial charge in [0, 0.05) is 27.6 Å². The molecule has 0 bridgehead atoms. The van der Waals surface area contributed by atoms with Crippen LogP contribution in [0.5, 0.6) is 0 Å². The summed E-state index contributed by atoms with van der Waals surface area (Å²) in [6.07, 6.45) is 0. The number of nitrogens with zero attached hydrogens (tertiary/aromatic N) is 1. The Bertz CT molecular complexity index is 3310. The summed E-state index contributed by atoms with van der Waals surface area (Å²) >= 11 is 0. The zero-order valence-corrected chi connectivity index (χ0v) is 38.9. The Balaban J connectivity index is 1.17. The molecule has 2 aliphatic carbocycles. The van der Waals surface area contributed by atoms with Crippen LogP contribution in [0.25, 0.3) is 66.4 Å². The van der Waals surface area contributed by atoms with Crippen LogP contribution in [0.4, 0.5) is 17.1 Å². The maximum Gasteiger partial charge on any atom is 0.137 e. The van der Waals surface area contributed by atoms with Gasteiger partial charge >= 0.3 is 0 Å². The molecule has 0 unspecified atom stereocenters. The molecular weight excluding hydrogens is 775 g/mol. The fourth-order valence-corrected chi connectivity index (χ4v) is 11.0. The van der Waals surface area contributed by atoms with Crippen molar-refractivity contribution in [3.63, 3.8) is 0 Å². The zero-order chi connectivity index (χ0) is 44.5. The standard InChI is InChI=1S/C62H57NO/c1-59(2,3)40-33-39(34-41(35-40)60(4,5)6)45-32-31-44(38-19-12-11-13-20-38)56-48-30-28-43(37-52(48)62(9,10)58(45)56)63(53-24-18-26-55-57(53)49-22-15-17-25-54(49)64-55)42-27-29-47-46-21-14-16-23-50(46)61(7,8)51(47)36-42/h11-37H,1-10H3. The van der Waals surface area contributed by atoms with Crippen LogP contribution in [0, 0.1) is 0 Å². The second-order valence-electron chi connectivity index (χ2n) is 21.4. The minimum Gasteiger partial charge on any atom is -0.456 e. The molecule has 0 amide bonds. The van der Waals surface area contributed by atoms with Gasteiger partial charge in [0.1, 0.15) is 11.2 Å². The van der Waals surface area contributed by atoms with Crippen molar-refractivity contribution in [1.82, 2.24) is 0 Å². The molecule has 2 heteroatoms. The summed E-state index contributed by atoms with van der Waals surface area (Å²) in [7, 11) is 0. The van der Waals surface area contributed by atoms with Crippen LogP contribution in [0.1, 0.15) is 103 Å². The van der Waals surface area contributed by atoms with Crippen molar-refractivity contribution in [3.8, 4) is 44.5 Å². The van der Waals surface area contributed by atoms with Gasteiger partial charge in [-0.15, -0.1) is 0 Å². The highest BCUT2D eigenvalue weighted by Gasteiger charge is 2.41. The van der Waals surface area contributed by atoms with E-state index >= 15 is 0 Å². The highest BCUT2D eigenvalue weighted by Crippen LogP contribution is 2.58. The number of fused-ring (bicyclic) bond motifs is 9. The van der Waals surface area contributed by atoms with Crippen molar-refractivity contribution in [2.75, 3.05) is 4.90 Å². The van der Waals surface area contributed by atoms with E-state index < -0.39 is 0 Å². The molecule has 0 aliphatic heterocycles. The topological polar surface area (TPSA) is 16.4 Å². The van der Waals surface area contributed by atoms with Crippen LogP contribution >= 0.6 is 0 Å². The quantitative estimate of drug-likeness (QED) is 0.172. The van der Waals surface area contributed by atoms with E-state index in [0.717, 1.165) is 39.0 Å². The summed E-state index contributed by atoms with van der Waals surface area (Å²) in [5.74, 6) is 0. The molecule has 0 spiro atoms. The summed E-state index contributed by atoms with van der Waals surface area (Å²) in [6, 6.07) is 61.4. The molecule has 1 aromatic heterocycles. The lowest BCUT2D eigenvalue weighted by atomic mass is 9.75. The Hall–Kier alpha value is -6.64. The van der Waals surface area contributed by atoms with Gasteiger partial charge in [0.15, 0.2) is 0 Å². The van der Waals surface area contributed by atoms with E-state index in [1.165, 1.54) is 77.9 Å². The first kappa shape index (κ1) is 40.2. The van der Waals surface area contributed by atoms with Gasteiger partial charge in [-0.3, -0.25) is 0 Å². The maximum atomic E-state index is 6.56. The third-order valence-corrected chi connectivity index (χ3v) is 14.5. The van der Waals surface area contributed by atoms with Crippen LogP contribution in [-0.2, 0) is 21.7 Å². The molecule has 0 fully saturated rings. The van der Waals surface area contributed by atoms with Crippen LogP contribution in [0.3, 0.4) is 0 Å². The van der Waals surface area contributed by atoms with Gasteiger partial charge in [0.05, 0.1) is 11.1 Å². The van der Waals surface area contributed by atoms with Crippen molar-refractivity contribution in [1.29, 1.82) is 0 Å². The van der Waals surface area contributed by atoms with E-state index in [1.807, 2.05) is 0 Å². The summed E-state index contributed by atoms with van der Waals surface area (Å²) < 4.78 is 6.56. The lowest BCUT2D eigenvalue weighted by Gasteiger charge is -2.31. The Labute approximate surface area is 379 Å². The number of furan rings is 1. The third-order valence-electron chi connectivity index (χ3n) is 14.5. The fraction of sp³-hybridized carbons (Fsp3) is 0.226. The predicted octanol–water partition coefficient (Wildman–Crippen LogP) is 17.6. The van der Waals surface area contributed by atoms with Crippen molar-refractivity contribution in [2.24, 2.45) is 0 Å². The SMILES string of the molecule is CC(C)(C)c1cc(-c2ccc(-c3ccccc3)c3c2C(C)(C)c2cc(N(c4ccc5c(c4)C(C)(C)c4ccccc4-5)c4cccc5oc6ccccc6c45)ccc2-3)cc(C(C)(C)C)c1. The second kappa shape index (κ2) is 13.9. The molecule has 1 heterocycles. The average Bonchev–Trinajstić information content (AvgIpc) is 3.86. The molecule has 2 nitrogen and oxygen atoms in total. The molecule has 11 rings (SSSR count). The van der Waals surface area contributed by atoms with Gasteiger partial charge in [-0.1, -0.05) is 191 Å². The third kappa shape index (κ3) is 6.06. The Morgan fingerprint density at radius 2 is 0.984 bits per heavy atom. The van der Waals surface area contributed by atoms with Crippen LogP contribution in [0.15, 0.2) is 168 Å². The highest BCUT2D eigenvalue weighted by molar-refractivity contribution is 6.13. The van der Waals surface area contributed by atoms with E-state index in [1.54, 1.807) is 0 Å². The van der Waals surface area contributed by atoms with Crippen molar-refractivity contribution in [2.45, 2.75) is 90.9 Å². The average molecular weight is 832 g/mol. The molecule has 8 aromatic carbocycles. The minimum absolute atomic E-state index is 0.00126. The Morgan fingerprint density at radius 3 is 1.69 bits per heavy atom. The lowest BCUT2D eigenvalue weighted by molar-refractivity contribution is 0.569. The fourth-order valence-electron chi connectivity index (χ4n) is 11.0. The van der Waals surface area contributed by atoms with Gasteiger partial charge in [-0.25, -0.2) is 0 Å². The van der Waals surface area contributed by atoms with Crippen LogP contribution in [-0.4, -0.2) is 0 Å². The molecule has 2 aliphatic rings. The lowest BCUT2D eigenvalue weighted by Crippen LogP contribution is -2.19. The zero-order valence-electron chi connectivity index (χ0n) is 38.9. The second-order valence-corrected chi connectivity index (χ2v) is 21.4. The Morgan fingerprint density at radius 1 is 0.422 bits per heavy atom. The number of para-hydroxylation sites is 1. The molecule has 9 aromatic rings. The first-order valence-electron chi connectivity index (χ1n) is 23.0. The largest absolute Gasteiger partial charge is 0.456 e. The molecule has 0 saturated carbocycles. The summed E-state index contributed by atoms with van der Waals surface area (Å²) in [4.78, 5) is 2.49. The van der Waals surface area contributed by atoms with Gasteiger partial charge in [0.25, 0.3) is 0 Å². The molecule has 316 valence electrons. The van der Waals surface area contributed by atoms with Crippen molar-refractivity contribution < 1.29 is 4.42 Å². The van der Waals surface area contributed by atoms with Gasteiger partial charge in [-0.05, 0) is 131 Å². The number of hydrogen-bond donors (Lipinski definition) is 0. The van der Waals surface area contributed by atoms with E-state index in [9.17, 15) is 0 Å². The first-order chi connectivity index (χ1) is 30.5. The number of hydrogen-bond acceptors (Lipinski definition) is 2. The number of benzene rings is 8. The summed E-state index contributed by atoms with van der Waals surface area (Å²) in [6.45, 7) is 23.6. The predicted molar refractivity (Wildman–Crippen MR) is 272 cm³/mol. The van der Waals surface area contributed by atoms with Crippen LogP contribution in [0.2, 0.25) is 0 Å². The molecule has 0 radical (unpaired) electrons. The summed E-state index contributed by atoms with van der Waals surface area (Å²) in [5.41, 5.74) is 23.2. The molecule has 64 heavy (non-hydrogen) atoms. The molecule has 0 atom stereocenters. The van der Waals surface area contributed by atoms with E-state index in [2.05, 4.69) is 238 Å². The monoisotopic (exact) mass is 831 g/mol. The highest BCUT2D eigenvalue weighted by atomic mass is 16.3. The normalized spacial score (nSPS) is 14.7. The Kier molecular flexibility index (Phi) is 8.74. The smallest absolute Gasteiger partial charge is 0.137 e. The van der Waals surface area contributed by atoms with Gasteiger partial charge in [-0.2, -0.15) is 0 Å². The van der Waals surface area contributed by atoms with E-state index in [4.69, 9.17) is 4.42 Å². The number of rotatable bonds is 5. The van der Waals surface area contributed by atoms with Crippen LogP contribution < -0.4 is 4.90 Å². The molecular formula is C62H57NO. The summed E-state index contributed by atoms with van der Waals surface area (Å²) in [5, 5.41) is 2.23. The van der Waals surface area contributed by atoms with E-state index in [-0.39, 0.29) is 21.7 Å². The molecule has 0 saturated heterocycles.